The normalized spacial score (nSPS) is 21.2. The molecule has 1 fully saturated rings. The Balaban J connectivity index is 2.03. The molecule has 2 N–H and O–H groups in total. The van der Waals surface area contributed by atoms with E-state index in [-0.39, 0.29) is 5.95 Å². The van der Waals surface area contributed by atoms with E-state index in [9.17, 15) is 8.42 Å². The average Bonchev–Trinajstić information content (AvgIpc) is 2.40. The summed E-state index contributed by atoms with van der Waals surface area (Å²) in [5.74, 6) is 0.336. The van der Waals surface area contributed by atoms with Gasteiger partial charge in [-0.05, 0) is 32.4 Å². The van der Waals surface area contributed by atoms with Gasteiger partial charge in [0.15, 0.2) is 0 Å². The van der Waals surface area contributed by atoms with Crippen LogP contribution in [-0.2, 0) is 10.2 Å². The molecule has 1 aromatic heterocycles. The van der Waals surface area contributed by atoms with Gasteiger partial charge in [0.2, 0.25) is 0 Å². The summed E-state index contributed by atoms with van der Waals surface area (Å²) in [7, 11) is -1.73. The lowest BCUT2D eigenvalue weighted by Crippen LogP contribution is -2.45. The summed E-state index contributed by atoms with van der Waals surface area (Å²) in [6.07, 6.45) is 4.68. The van der Waals surface area contributed by atoms with Gasteiger partial charge in [0, 0.05) is 13.1 Å². The van der Waals surface area contributed by atoms with Gasteiger partial charge in [-0.25, -0.2) is 9.71 Å². The summed E-state index contributed by atoms with van der Waals surface area (Å²) in [4.78, 5) is 3.81. The SMILES string of the molecule is CNCC1CCCN(S(=O)(=O)Nc2nccnn2)C1. The number of rotatable bonds is 5. The Kier molecular flexibility index (Phi) is 4.61. The molecular formula is C10H18N6O2S. The van der Waals surface area contributed by atoms with Gasteiger partial charge in [-0.1, -0.05) is 0 Å². The zero-order valence-corrected chi connectivity index (χ0v) is 11.6. The Morgan fingerprint density at radius 3 is 3.00 bits per heavy atom. The minimum atomic E-state index is -3.60. The van der Waals surface area contributed by atoms with Crippen LogP contribution < -0.4 is 10.0 Å². The monoisotopic (exact) mass is 286 g/mol. The van der Waals surface area contributed by atoms with Crippen molar-refractivity contribution in [1.29, 1.82) is 0 Å². The van der Waals surface area contributed by atoms with Crippen LogP contribution >= 0.6 is 0 Å². The maximum atomic E-state index is 12.2. The van der Waals surface area contributed by atoms with E-state index in [1.807, 2.05) is 7.05 Å². The highest BCUT2D eigenvalue weighted by Gasteiger charge is 2.29. The summed E-state index contributed by atoms with van der Waals surface area (Å²) < 4.78 is 28.2. The molecule has 0 bridgehead atoms. The average molecular weight is 286 g/mol. The molecular weight excluding hydrogens is 268 g/mol. The zero-order valence-electron chi connectivity index (χ0n) is 10.8. The molecule has 1 atom stereocenters. The lowest BCUT2D eigenvalue weighted by molar-refractivity contribution is 0.264. The number of piperidine rings is 1. The summed E-state index contributed by atoms with van der Waals surface area (Å²) in [6, 6.07) is 0. The highest BCUT2D eigenvalue weighted by molar-refractivity contribution is 7.90. The third kappa shape index (κ3) is 3.82. The molecule has 0 spiro atoms. The van der Waals surface area contributed by atoms with E-state index in [0.717, 1.165) is 19.4 Å². The van der Waals surface area contributed by atoms with Gasteiger partial charge < -0.3 is 5.32 Å². The Bertz CT molecular complexity index is 492. The van der Waals surface area contributed by atoms with Crippen LogP contribution in [0.5, 0.6) is 0 Å². The van der Waals surface area contributed by atoms with E-state index >= 15 is 0 Å². The first kappa shape index (κ1) is 14.1. The molecule has 9 heteroatoms. The summed E-state index contributed by atoms with van der Waals surface area (Å²) in [5, 5.41) is 10.3. The molecule has 0 aliphatic carbocycles. The van der Waals surface area contributed by atoms with Crippen molar-refractivity contribution in [3.8, 4) is 0 Å². The first-order valence-corrected chi connectivity index (χ1v) is 7.62. The van der Waals surface area contributed by atoms with Crippen molar-refractivity contribution in [3.63, 3.8) is 0 Å². The molecule has 1 aliphatic rings. The Morgan fingerprint density at radius 1 is 1.47 bits per heavy atom. The van der Waals surface area contributed by atoms with E-state index in [2.05, 4.69) is 25.2 Å². The van der Waals surface area contributed by atoms with E-state index in [0.29, 0.717) is 19.0 Å². The number of anilines is 1. The van der Waals surface area contributed by atoms with Crippen LogP contribution in [0.15, 0.2) is 12.4 Å². The van der Waals surface area contributed by atoms with E-state index < -0.39 is 10.2 Å². The summed E-state index contributed by atoms with van der Waals surface area (Å²) in [5.41, 5.74) is 0. The molecule has 8 nitrogen and oxygen atoms in total. The van der Waals surface area contributed by atoms with Crippen molar-refractivity contribution >= 4 is 16.2 Å². The molecule has 106 valence electrons. The molecule has 2 rings (SSSR count). The van der Waals surface area contributed by atoms with E-state index in [1.165, 1.54) is 16.7 Å². The number of nitrogens with one attached hydrogen (secondary N) is 2. The minimum absolute atomic E-state index is 0.00163. The van der Waals surface area contributed by atoms with Crippen molar-refractivity contribution < 1.29 is 8.42 Å². The Hall–Kier alpha value is -1.32. The van der Waals surface area contributed by atoms with Crippen molar-refractivity contribution in [1.82, 2.24) is 24.8 Å². The first-order chi connectivity index (χ1) is 9.12. The molecule has 1 aromatic rings. The number of hydrogen-bond donors (Lipinski definition) is 2. The second-order valence-electron chi connectivity index (χ2n) is 4.50. The van der Waals surface area contributed by atoms with Crippen LogP contribution in [0.4, 0.5) is 5.95 Å². The molecule has 0 saturated carbocycles. The zero-order chi connectivity index (χ0) is 13.7. The van der Waals surface area contributed by atoms with Gasteiger partial charge in [-0.2, -0.15) is 17.8 Å². The van der Waals surface area contributed by atoms with Gasteiger partial charge in [0.05, 0.1) is 12.4 Å². The van der Waals surface area contributed by atoms with Crippen molar-refractivity contribution in [2.45, 2.75) is 12.8 Å². The van der Waals surface area contributed by atoms with Crippen LogP contribution in [0, 0.1) is 5.92 Å². The van der Waals surface area contributed by atoms with Gasteiger partial charge in [0.25, 0.3) is 5.95 Å². The third-order valence-electron chi connectivity index (χ3n) is 3.02. The fourth-order valence-electron chi connectivity index (χ4n) is 2.17. The minimum Gasteiger partial charge on any atom is -0.319 e. The highest BCUT2D eigenvalue weighted by Crippen LogP contribution is 2.19. The van der Waals surface area contributed by atoms with E-state index in [4.69, 9.17) is 0 Å². The first-order valence-electron chi connectivity index (χ1n) is 6.18. The fraction of sp³-hybridized carbons (Fsp3) is 0.700. The smallest absolute Gasteiger partial charge is 0.304 e. The molecule has 2 heterocycles. The van der Waals surface area contributed by atoms with Crippen LogP contribution in [-0.4, -0.2) is 54.6 Å². The van der Waals surface area contributed by atoms with Crippen LogP contribution in [0.3, 0.4) is 0 Å². The predicted octanol–water partition coefficient (Wildman–Crippen LogP) is -0.540. The van der Waals surface area contributed by atoms with Crippen LogP contribution in [0.25, 0.3) is 0 Å². The van der Waals surface area contributed by atoms with Crippen molar-refractivity contribution in [2.75, 3.05) is 31.4 Å². The topological polar surface area (TPSA) is 100 Å². The van der Waals surface area contributed by atoms with E-state index in [1.54, 1.807) is 0 Å². The lowest BCUT2D eigenvalue weighted by Gasteiger charge is -2.31. The maximum Gasteiger partial charge on any atom is 0.304 e. The standard InChI is InChI=1S/C10H18N6O2S/c1-11-7-9-3-2-6-16(8-9)19(17,18)15-10-12-4-5-13-14-10/h4-5,9,11H,2-3,6-8H2,1H3,(H,12,14,15). The third-order valence-corrected chi connectivity index (χ3v) is 4.47. The highest BCUT2D eigenvalue weighted by atomic mass is 32.2. The second-order valence-corrected chi connectivity index (χ2v) is 6.17. The number of nitrogens with zero attached hydrogens (tertiary/aromatic N) is 4. The van der Waals surface area contributed by atoms with Gasteiger partial charge >= 0.3 is 10.2 Å². The Morgan fingerprint density at radius 2 is 2.32 bits per heavy atom. The summed E-state index contributed by atoms with van der Waals surface area (Å²) in [6.45, 7) is 1.85. The summed E-state index contributed by atoms with van der Waals surface area (Å²) >= 11 is 0. The predicted molar refractivity (Wildman–Crippen MR) is 70.6 cm³/mol. The molecule has 0 aromatic carbocycles. The van der Waals surface area contributed by atoms with Crippen LogP contribution in [0.1, 0.15) is 12.8 Å². The molecule has 0 amide bonds. The molecule has 19 heavy (non-hydrogen) atoms. The van der Waals surface area contributed by atoms with Gasteiger partial charge in [0.1, 0.15) is 0 Å². The Labute approximate surface area is 112 Å². The maximum absolute atomic E-state index is 12.2. The fourth-order valence-corrected chi connectivity index (χ4v) is 3.40. The molecule has 1 aliphatic heterocycles. The van der Waals surface area contributed by atoms with Crippen molar-refractivity contribution in [2.24, 2.45) is 5.92 Å². The number of aromatic nitrogens is 3. The second kappa shape index (κ2) is 6.22. The number of hydrogen-bond acceptors (Lipinski definition) is 6. The molecule has 1 saturated heterocycles. The largest absolute Gasteiger partial charge is 0.319 e. The lowest BCUT2D eigenvalue weighted by atomic mass is 10.00. The van der Waals surface area contributed by atoms with Gasteiger partial charge in [-0.3, -0.25) is 0 Å². The molecule has 0 radical (unpaired) electrons. The van der Waals surface area contributed by atoms with Crippen molar-refractivity contribution in [3.05, 3.63) is 12.4 Å². The molecule has 1 unspecified atom stereocenters. The quantitative estimate of drug-likeness (QED) is 0.754. The van der Waals surface area contributed by atoms with Gasteiger partial charge in [-0.15, -0.1) is 5.10 Å². The van der Waals surface area contributed by atoms with Crippen LogP contribution in [0.2, 0.25) is 0 Å².